The van der Waals surface area contributed by atoms with E-state index >= 15 is 0 Å². The highest BCUT2D eigenvalue weighted by molar-refractivity contribution is 6.06. The fourth-order valence-corrected chi connectivity index (χ4v) is 1.43. The second-order valence-electron chi connectivity index (χ2n) is 3.39. The molecule has 0 aliphatic heterocycles. The zero-order valence-corrected chi connectivity index (χ0v) is 9.61. The lowest BCUT2D eigenvalue weighted by molar-refractivity contribution is 0.0600. The van der Waals surface area contributed by atoms with E-state index in [-0.39, 0.29) is 5.78 Å². The van der Waals surface area contributed by atoms with Crippen LogP contribution in [0.2, 0.25) is 0 Å². The van der Waals surface area contributed by atoms with Gasteiger partial charge in [0.2, 0.25) is 0 Å². The number of allylic oxidation sites excluding steroid dienone is 2. The molecule has 3 heteroatoms. The van der Waals surface area contributed by atoms with Crippen molar-refractivity contribution in [2.75, 3.05) is 7.11 Å². The SMILES string of the molecule is C/C=C/C(=O)c1ccc(C(=O)OC)cc1C. The lowest BCUT2D eigenvalue weighted by Gasteiger charge is -2.04. The van der Waals surface area contributed by atoms with E-state index in [1.165, 1.54) is 13.2 Å². The van der Waals surface area contributed by atoms with Crippen molar-refractivity contribution >= 4 is 11.8 Å². The Kier molecular flexibility index (Phi) is 4.00. The summed E-state index contributed by atoms with van der Waals surface area (Å²) >= 11 is 0. The van der Waals surface area contributed by atoms with Gasteiger partial charge in [-0.15, -0.1) is 0 Å². The van der Waals surface area contributed by atoms with Gasteiger partial charge in [0.25, 0.3) is 0 Å². The summed E-state index contributed by atoms with van der Waals surface area (Å²) < 4.78 is 4.60. The average Bonchev–Trinajstić information content (AvgIpc) is 2.28. The Balaban J connectivity index is 3.09. The molecule has 84 valence electrons. The summed E-state index contributed by atoms with van der Waals surface area (Å²) in [5, 5.41) is 0. The number of methoxy groups -OCH3 is 1. The van der Waals surface area contributed by atoms with E-state index in [0.717, 1.165) is 5.56 Å². The Hall–Kier alpha value is -1.90. The van der Waals surface area contributed by atoms with Crippen LogP contribution in [0.15, 0.2) is 30.4 Å². The molecular formula is C13H14O3. The number of carbonyl (C=O) groups is 2. The fourth-order valence-electron chi connectivity index (χ4n) is 1.43. The Bertz CT molecular complexity index is 444. The molecule has 0 aromatic heterocycles. The second kappa shape index (κ2) is 5.26. The molecule has 1 aromatic rings. The normalized spacial score (nSPS) is 10.4. The number of carbonyl (C=O) groups excluding carboxylic acids is 2. The molecule has 0 radical (unpaired) electrons. The number of benzene rings is 1. The molecule has 0 bridgehead atoms. The van der Waals surface area contributed by atoms with Crippen LogP contribution in [0, 0.1) is 6.92 Å². The van der Waals surface area contributed by atoms with Crippen molar-refractivity contribution in [2.24, 2.45) is 0 Å². The molecule has 16 heavy (non-hydrogen) atoms. The Morgan fingerprint density at radius 1 is 1.31 bits per heavy atom. The third kappa shape index (κ3) is 2.57. The monoisotopic (exact) mass is 218 g/mol. The predicted octanol–water partition coefficient (Wildman–Crippen LogP) is 2.54. The predicted molar refractivity (Wildman–Crippen MR) is 61.7 cm³/mol. The van der Waals surface area contributed by atoms with Crippen molar-refractivity contribution < 1.29 is 14.3 Å². The van der Waals surface area contributed by atoms with Crippen molar-refractivity contribution in [1.82, 2.24) is 0 Å². The molecule has 1 rings (SSSR count). The van der Waals surface area contributed by atoms with Crippen LogP contribution in [0.25, 0.3) is 0 Å². The average molecular weight is 218 g/mol. The molecule has 0 fully saturated rings. The third-order valence-electron chi connectivity index (χ3n) is 2.23. The van der Waals surface area contributed by atoms with Gasteiger partial charge in [0.15, 0.2) is 5.78 Å². The summed E-state index contributed by atoms with van der Waals surface area (Å²) in [6, 6.07) is 4.89. The van der Waals surface area contributed by atoms with Gasteiger partial charge in [-0.05, 0) is 43.7 Å². The lowest BCUT2D eigenvalue weighted by Crippen LogP contribution is -2.04. The van der Waals surface area contributed by atoms with Crippen LogP contribution in [0.1, 0.15) is 33.2 Å². The Morgan fingerprint density at radius 3 is 2.50 bits per heavy atom. The van der Waals surface area contributed by atoms with Gasteiger partial charge < -0.3 is 4.74 Å². The smallest absolute Gasteiger partial charge is 0.337 e. The van der Waals surface area contributed by atoms with Crippen LogP contribution in [0.4, 0.5) is 0 Å². The maximum atomic E-state index is 11.6. The topological polar surface area (TPSA) is 43.4 Å². The van der Waals surface area contributed by atoms with E-state index in [0.29, 0.717) is 11.1 Å². The number of aryl methyl sites for hydroxylation is 1. The minimum absolute atomic E-state index is 0.0589. The number of ketones is 1. The van der Waals surface area contributed by atoms with Crippen molar-refractivity contribution in [3.63, 3.8) is 0 Å². The Morgan fingerprint density at radius 2 is 2.00 bits per heavy atom. The number of rotatable bonds is 3. The Labute approximate surface area is 94.7 Å². The van der Waals surface area contributed by atoms with Crippen LogP contribution < -0.4 is 0 Å². The lowest BCUT2D eigenvalue weighted by atomic mass is 10.0. The first kappa shape index (κ1) is 12.2. The van der Waals surface area contributed by atoms with Gasteiger partial charge in [-0.3, -0.25) is 4.79 Å². The first-order chi connectivity index (χ1) is 7.60. The highest BCUT2D eigenvalue weighted by atomic mass is 16.5. The summed E-state index contributed by atoms with van der Waals surface area (Å²) in [7, 11) is 1.33. The number of hydrogen-bond donors (Lipinski definition) is 0. The molecule has 0 unspecified atom stereocenters. The van der Waals surface area contributed by atoms with Gasteiger partial charge in [0.05, 0.1) is 12.7 Å². The van der Waals surface area contributed by atoms with Crippen molar-refractivity contribution in [2.45, 2.75) is 13.8 Å². The minimum atomic E-state index is -0.395. The summed E-state index contributed by atoms with van der Waals surface area (Å²) in [6.07, 6.45) is 3.19. The molecule has 0 heterocycles. The molecule has 0 amide bonds. The molecule has 1 aromatic carbocycles. The van der Waals surface area contributed by atoms with Gasteiger partial charge in [-0.2, -0.15) is 0 Å². The van der Waals surface area contributed by atoms with Crippen LogP contribution in [-0.4, -0.2) is 18.9 Å². The third-order valence-corrected chi connectivity index (χ3v) is 2.23. The van der Waals surface area contributed by atoms with Gasteiger partial charge >= 0.3 is 5.97 Å². The molecule has 0 saturated heterocycles. The van der Waals surface area contributed by atoms with Crippen molar-refractivity contribution in [3.8, 4) is 0 Å². The molecule has 0 saturated carbocycles. The largest absolute Gasteiger partial charge is 0.465 e. The van der Waals surface area contributed by atoms with E-state index in [1.54, 1.807) is 38.1 Å². The number of ether oxygens (including phenoxy) is 1. The maximum Gasteiger partial charge on any atom is 0.337 e. The van der Waals surface area contributed by atoms with E-state index in [9.17, 15) is 9.59 Å². The number of hydrogen-bond acceptors (Lipinski definition) is 3. The van der Waals surface area contributed by atoms with Crippen LogP contribution in [0.3, 0.4) is 0 Å². The summed E-state index contributed by atoms with van der Waals surface area (Å²) in [5.41, 5.74) is 1.83. The highest BCUT2D eigenvalue weighted by Crippen LogP contribution is 2.13. The summed E-state index contributed by atoms with van der Waals surface area (Å²) in [4.78, 5) is 22.9. The van der Waals surface area contributed by atoms with Crippen LogP contribution in [-0.2, 0) is 4.74 Å². The highest BCUT2D eigenvalue weighted by Gasteiger charge is 2.10. The standard InChI is InChI=1S/C13H14O3/c1-4-5-12(14)11-7-6-10(8-9(11)2)13(15)16-3/h4-8H,1-3H3/b5-4+. The van der Waals surface area contributed by atoms with Crippen molar-refractivity contribution in [3.05, 3.63) is 47.0 Å². The van der Waals surface area contributed by atoms with Gasteiger partial charge in [0, 0.05) is 5.56 Å². The van der Waals surface area contributed by atoms with E-state index in [1.807, 2.05) is 0 Å². The van der Waals surface area contributed by atoms with Crippen LogP contribution >= 0.6 is 0 Å². The molecular weight excluding hydrogens is 204 g/mol. The zero-order chi connectivity index (χ0) is 12.1. The minimum Gasteiger partial charge on any atom is -0.465 e. The molecule has 0 aliphatic carbocycles. The summed E-state index contributed by atoms with van der Waals surface area (Å²) in [5.74, 6) is -0.454. The van der Waals surface area contributed by atoms with E-state index in [4.69, 9.17) is 0 Å². The van der Waals surface area contributed by atoms with Crippen molar-refractivity contribution in [1.29, 1.82) is 0 Å². The number of esters is 1. The molecule has 3 nitrogen and oxygen atoms in total. The molecule has 0 atom stereocenters. The van der Waals surface area contributed by atoms with E-state index < -0.39 is 5.97 Å². The first-order valence-corrected chi connectivity index (χ1v) is 4.96. The first-order valence-electron chi connectivity index (χ1n) is 4.96. The molecule has 0 spiro atoms. The quantitative estimate of drug-likeness (QED) is 0.445. The summed E-state index contributed by atoms with van der Waals surface area (Å²) in [6.45, 7) is 3.58. The molecule has 0 aliphatic rings. The van der Waals surface area contributed by atoms with Gasteiger partial charge in [-0.25, -0.2) is 4.79 Å². The van der Waals surface area contributed by atoms with Crippen LogP contribution in [0.5, 0.6) is 0 Å². The fraction of sp³-hybridized carbons (Fsp3) is 0.231. The van der Waals surface area contributed by atoms with Gasteiger partial charge in [-0.1, -0.05) is 6.08 Å². The maximum absolute atomic E-state index is 11.6. The molecule has 0 N–H and O–H groups in total. The zero-order valence-electron chi connectivity index (χ0n) is 9.61. The van der Waals surface area contributed by atoms with E-state index in [2.05, 4.69) is 4.74 Å². The second-order valence-corrected chi connectivity index (χ2v) is 3.39. The van der Waals surface area contributed by atoms with Gasteiger partial charge in [0.1, 0.15) is 0 Å².